The molecule has 4 aromatic rings. The van der Waals surface area contributed by atoms with Gasteiger partial charge in [-0.25, -0.2) is 9.97 Å². The standard InChI is InChI=1S/C18H15N3OS/c1-13-6-2-4-8-15(13)21-11-10-19-18(21)23-12-17-20-14-7-3-5-9-16(14)22-17/h2-11H,12H2,1H3. The number of imidazole rings is 1. The quantitative estimate of drug-likeness (QED) is 0.515. The van der Waals surface area contributed by atoms with Gasteiger partial charge in [-0.15, -0.1) is 0 Å². The third kappa shape index (κ3) is 2.75. The van der Waals surface area contributed by atoms with Crippen LogP contribution in [-0.2, 0) is 5.75 Å². The molecule has 114 valence electrons. The topological polar surface area (TPSA) is 43.9 Å². The second-order valence-corrected chi connectivity index (χ2v) is 6.17. The van der Waals surface area contributed by atoms with Gasteiger partial charge in [0.15, 0.2) is 10.7 Å². The Kier molecular flexibility index (Phi) is 3.63. The van der Waals surface area contributed by atoms with E-state index in [-0.39, 0.29) is 0 Å². The lowest BCUT2D eigenvalue weighted by molar-refractivity contribution is 0.556. The average molecular weight is 321 g/mol. The summed E-state index contributed by atoms with van der Waals surface area (Å²) in [6.45, 7) is 2.10. The predicted molar refractivity (Wildman–Crippen MR) is 91.9 cm³/mol. The van der Waals surface area contributed by atoms with Crippen LogP contribution in [0.4, 0.5) is 0 Å². The lowest BCUT2D eigenvalue weighted by Crippen LogP contribution is -1.97. The lowest BCUT2D eigenvalue weighted by Gasteiger charge is -2.09. The molecule has 2 heterocycles. The van der Waals surface area contributed by atoms with Crippen molar-refractivity contribution < 1.29 is 4.42 Å². The highest BCUT2D eigenvalue weighted by Crippen LogP contribution is 2.26. The summed E-state index contributed by atoms with van der Waals surface area (Å²) in [7, 11) is 0. The Morgan fingerprint density at radius 2 is 1.91 bits per heavy atom. The predicted octanol–water partition coefficient (Wildman–Crippen LogP) is 4.61. The molecule has 0 unspecified atom stereocenters. The van der Waals surface area contributed by atoms with Crippen LogP contribution < -0.4 is 0 Å². The Hall–Kier alpha value is -2.53. The number of aryl methyl sites for hydroxylation is 1. The summed E-state index contributed by atoms with van der Waals surface area (Å²) in [4.78, 5) is 8.97. The Balaban J connectivity index is 1.58. The number of oxazole rings is 1. The molecule has 0 saturated carbocycles. The normalized spacial score (nSPS) is 11.2. The highest BCUT2D eigenvalue weighted by molar-refractivity contribution is 7.98. The molecule has 4 nitrogen and oxygen atoms in total. The molecule has 2 aromatic heterocycles. The molecule has 4 rings (SSSR count). The van der Waals surface area contributed by atoms with Crippen LogP contribution in [0.25, 0.3) is 16.8 Å². The van der Waals surface area contributed by atoms with Crippen LogP contribution in [0.15, 0.2) is 70.5 Å². The number of fused-ring (bicyclic) bond motifs is 1. The molecule has 0 spiro atoms. The van der Waals surface area contributed by atoms with Crippen molar-refractivity contribution in [3.63, 3.8) is 0 Å². The average Bonchev–Trinajstić information content (AvgIpc) is 3.19. The van der Waals surface area contributed by atoms with Crippen molar-refractivity contribution in [1.29, 1.82) is 0 Å². The Morgan fingerprint density at radius 1 is 1.09 bits per heavy atom. The van der Waals surface area contributed by atoms with Gasteiger partial charge in [-0.2, -0.15) is 0 Å². The van der Waals surface area contributed by atoms with Crippen LogP contribution in [0.5, 0.6) is 0 Å². The zero-order valence-electron chi connectivity index (χ0n) is 12.6. The molecule has 5 heteroatoms. The van der Waals surface area contributed by atoms with E-state index in [1.54, 1.807) is 11.8 Å². The van der Waals surface area contributed by atoms with Gasteiger partial charge in [0, 0.05) is 12.4 Å². The van der Waals surface area contributed by atoms with Crippen LogP contribution >= 0.6 is 11.8 Å². The fourth-order valence-corrected chi connectivity index (χ4v) is 3.33. The number of para-hydroxylation sites is 3. The molecule has 2 aromatic carbocycles. The van der Waals surface area contributed by atoms with Gasteiger partial charge in [-0.05, 0) is 30.7 Å². The molecular weight excluding hydrogens is 306 g/mol. The largest absolute Gasteiger partial charge is 0.440 e. The minimum atomic E-state index is 0.650. The molecule has 0 fully saturated rings. The number of hydrogen-bond donors (Lipinski definition) is 0. The molecule has 0 atom stereocenters. The summed E-state index contributed by atoms with van der Waals surface area (Å²) in [6.07, 6.45) is 3.80. The van der Waals surface area contributed by atoms with Crippen LogP contribution in [0, 0.1) is 6.92 Å². The van der Waals surface area contributed by atoms with Crippen molar-refractivity contribution in [1.82, 2.24) is 14.5 Å². The van der Waals surface area contributed by atoms with Gasteiger partial charge in [0.2, 0.25) is 5.89 Å². The number of hydrogen-bond acceptors (Lipinski definition) is 4. The lowest BCUT2D eigenvalue weighted by atomic mass is 10.2. The maximum absolute atomic E-state index is 5.77. The summed E-state index contributed by atoms with van der Waals surface area (Å²) >= 11 is 1.62. The van der Waals surface area contributed by atoms with Crippen molar-refractivity contribution >= 4 is 22.9 Å². The van der Waals surface area contributed by atoms with Gasteiger partial charge < -0.3 is 4.42 Å². The summed E-state index contributed by atoms with van der Waals surface area (Å²) in [5, 5.41) is 0.932. The second-order valence-electron chi connectivity index (χ2n) is 5.23. The van der Waals surface area contributed by atoms with Gasteiger partial charge in [0.25, 0.3) is 0 Å². The van der Waals surface area contributed by atoms with E-state index in [4.69, 9.17) is 4.42 Å². The third-order valence-electron chi connectivity index (χ3n) is 3.64. The van der Waals surface area contributed by atoms with Crippen LogP contribution in [-0.4, -0.2) is 14.5 Å². The zero-order chi connectivity index (χ0) is 15.6. The first-order valence-corrected chi connectivity index (χ1v) is 8.36. The molecule has 23 heavy (non-hydrogen) atoms. The van der Waals surface area contributed by atoms with Gasteiger partial charge >= 0.3 is 0 Å². The minimum Gasteiger partial charge on any atom is -0.440 e. The van der Waals surface area contributed by atoms with Gasteiger partial charge in [-0.3, -0.25) is 4.57 Å². The Labute approximate surface area is 138 Å². The highest BCUT2D eigenvalue weighted by Gasteiger charge is 2.11. The smallest absolute Gasteiger partial charge is 0.205 e. The number of benzene rings is 2. The van der Waals surface area contributed by atoms with E-state index < -0.39 is 0 Å². The molecule has 0 saturated heterocycles. The third-order valence-corrected chi connectivity index (χ3v) is 4.60. The Morgan fingerprint density at radius 3 is 2.78 bits per heavy atom. The summed E-state index contributed by atoms with van der Waals surface area (Å²) < 4.78 is 7.87. The van der Waals surface area contributed by atoms with Crippen LogP contribution in [0.3, 0.4) is 0 Å². The van der Waals surface area contributed by atoms with E-state index in [2.05, 4.69) is 33.6 Å². The van der Waals surface area contributed by atoms with Crippen LogP contribution in [0.2, 0.25) is 0 Å². The van der Waals surface area contributed by atoms with Crippen molar-refractivity contribution in [3.05, 3.63) is 72.4 Å². The first-order chi connectivity index (χ1) is 11.3. The minimum absolute atomic E-state index is 0.650. The molecule has 0 aliphatic carbocycles. The molecule has 0 aliphatic heterocycles. The fraction of sp³-hybridized carbons (Fsp3) is 0.111. The number of nitrogens with zero attached hydrogens (tertiary/aromatic N) is 3. The van der Waals surface area contributed by atoms with E-state index in [1.807, 2.05) is 48.8 Å². The van der Waals surface area contributed by atoms with Crippen LogP contribution in [0.1, 0.15) is 11.5 Å². The van der Waals surface area contributed by atoms with Gasteiger partial charge in [-0.1, -0.05) is 42.1 Å². The van der Waals surface area contributed by atoms with E-state index in [0.29, 0.717) is 5.75 Å². The van der Waals surface area contributed by atoms with Gasteiger partial charge in [0.1, 0.15) is 5.52 Å². The molecular formula is C18H15N3OS. The van der Waals surface area contributed by atoms with Crippen molar-refractivity contribution in [2.24, 2.45) is 0 Å². The van der Waals surface area contributed by atoms with E-state index in [1.165, 1.54) is 5.56 Å². The first-order valence-electron chi connectivity index (χ1n) is 7.38. The summed E-state index contributed by atoms with van der Waals surface area (Å²) in [5.74, 6) is 1.37. The fourth-order valence-electron chi connectivity index (χ4n) is 2.52. The molecule has 0 N–H and O–H groups in total. The highest BCUT2D eigenvalue weighted by atomic mass is 32.2. The number of rotatable bonds is 4. The monoisotopic (exact) mass is 321 g/mol. The van der Waals surface area contributed by atoms with E-state index >= 15 is 0 Å². The second kappa shape index (κ2) is 5.93. The summed E-state index contributed by atoms with van der Waals surface area (Å²) in [5.41, 5.74) is 4.08. The Bertz CT molecular complexity index is 924. The molecule has 0 radical (unpaired) electrons. The van der Waals surface area contributed by atoms with Crippen molar-refractivity contribution in [2.45, 2.75) is 17.8 Å². The SMILES string of the molecule is Cc1ccccc1-n1ccnc1SCc1nc2ccccc2o1. The maximum atomic E-state index is 5.77. The van der Waals surface area contributed by atoms with Crippen molar-refractivity contribution in [2.75, 3.05) is 0 Å². The summed E-state index contributed by atoms with van der Waals surface area (Å²) in [6, 6.07) is 16.1. The zero-order valence-corrected chi connectivity index (χ0v) is 13.5. The van der Waals surface area contributed by atoms with E-state index in [0.717, 1.165) is 27.8 Å². The number of thioether (sulfide) groups is 1. The molecule has 0 amide bonds. The number of aromatic nitrogens is 3. The molecule has 0 aliphatic rings. The van der Waals surface area contributed by atoms with E-state index in [9.17, 15) is 0 Å². The van der Waals surface area contributed by atoms with Crippen molar-refractivity contribution in [3.8, 4) is 5.69 Å². The molecule has 0 bridgehead atoms. The van der Waals surface area contributed by atoms with Gasteiger partial charge in [0.05, 0.1) is 11.4 Å². The first kappa shape index (κ1) is 14.1. The maximum Gasteiger partial charge on any atom is 0.205 e.